The van der Waals surface area contributed by atoms with Crippen LogP contribution in [0.5, 0.6) is 0 Å². The average molecular weight is 211 g/mol. The molecule has 0 aliphatic heterocycles. The van der Waals surface area contributed by atoms with E-state index in [0.29, 0.717) is 5.02 Å². The number of hydrogen-bond acceptors (Lipinski definition) is 2. The van der Waals surface area contributed by atoms with Crippen LogP contribution in [0.25, 0.3) is 10.1 Å². The van der Waals surface area contributed by atoms with E-state index in [2.05, 4.69) is 0 Å². The van der Waals surface area contributed by atoms with Crippen LogP contribution >= 0.6 is 22.9 Å². The summed E-state index contributed by atoms with van der Waals surface area (Å²) in [5.41, 5.74) is 0.727. The maximum Gasteiger partial charge on any atom is 0.161 e. The Morgan fingerprint density at radius 3 is 2.92 bits per heavy atom. The van der Waals surface area contributed by atoms with Crippen LogP contribution in [0.3, 0.4) is 0 Å². The molecule has 0 saturated carbocycles. The zero-order chi connectivity index (χ0) is 9.42. The number of carbonyl (C=O) groups excluding carboxylic acids is 1. The molecular formula is C10H7ClOS. The molecular weight excluding hydrogens is 204 g/mol. The van der Waals surface area contributed by atoms with Gasteiger partial charge < -0.3 is 0 Å². The second-order valence-corrected chi connectivity index (χ2v) is 4.14. The fourth-order valence-corrected chi connectivity index (χ4v) is 2.66. The number of hydrogen-bond donors (Lipinski definition) is 0. The van der Waals surface area contributed by atoms with Crippen LogP contribution in [0.1, 0.15) is 17.3 Å². The van der Waals surface area contributed by atoms with Crippen molar-refractivity contribution in [2.24, 2.45) is 0 Å². The summed E-state index contributed by atoms with van der Waals surface area (Å²) in [6.07, 6.45) is 0. The number of fused-ring (bicyclic) bond motifs is 1. The van der Waals surface area contributed by atoms with Gasteiger partial charge in [-0.05, 0) is 19.1 Å². The third-order valence-electron chi connectivity index (χ3n) is 1.93. The van der Waals surface area contributed by atoms with Crippen molar-refractivity contribution < 1.29 is 4.79 Å². The molecule has 66 valence electrons. The molecule has 0 radical (unpaired) electrons. The van der Waals surface area contributed by atoms with Crippen LogP contribution in [0, 0.1) is 0 Å². The van der Waals surface area contributed by atoms with Gasteiger partial charge in [0, 0.05) is 26.1 Å². The van der Waals surface area contributed by atoms with Gasteiger partial charge in [0.25, 0.3) is 0 Å². The van der Waals surface area contributed by atoms with Crippen molar-refractivity contribution in [2.45, 2.75) is 6.92 Å². The Labute approximate surface area is 84.9 Å². The predicted octanol–water partition coefficient (Wildman–Crippen LogP) is 3.76. The molecule has 0 aliphatic carbocycles. The van der Waals surface area contributed by atoms with E-state index in [1.54, 1.807) is 18.3 Å². The van der Waals surface area contributed by atoms with Gasteiger partial charge in [0.05, 0.1) is 0 Å². The van der Waals surface area contributed by atoms with Crippen molar-refractivity contribution in [3.05, 3.63) is 34.2 Å². The molecule has 1 aromatic heterocycles. The van der Waals surface area contributed by atoms with Gasteiger partial charge in [-0.25, -0.2) is 0 Å². The van der Waals surface area contributed by atoms with Crippen molar-refractivity contribution in [3.63, 3.8) is 0 Å². The monoisotopic (exact) mass is 210 g/mol. The standard InChI is InChI=1S/C10H7ClOS/c1-6(12)7-5-13-9-4-2-3-8(11)10(7)9/h2-5H,1H3. The number of benzene rings is 1. The quantitative estimate of drug-likeness (QED) is 0.655. The fraction of sp³-hybridized carbons (Fsp3) is 0.100. The highest BCUT2D eigenvalue weighted by molar-refractivity contribution is 7.17. The molecule has 0 N–H and O–H groups in total. The zero-order valence-electron chi connectivity index (χ0n) is 7.00. The topological polar surface area (TPSA) is 17.1 Å². The molecule has 0 bridgehead atoms. The summed E-state index contributed by atoms with van der Waals surface area (Å²) in [4.78, 5) is 11.2. The lowest BCUT2D eigenvalue weighted by atomic mass is 10.1. The van der Waals surface area contributed by atoms with Gasteiger partial charge in [-0.3, -0.25) is 4.79 Å². The van der Waals surface area contributed by atoms with E-state index in [9.17, 15) is 4.79 Å². The van der Waals surface area contributed by atoms with Crippen molar-refractivity contribution in [1.82, 2.24) is 0 Å². The van der Waals surface area contributed by atoms with Gasteiger partial charge in [0.2, 0.25) is 0 Å². The first-order valence-electron chi connectivity index (χ1n) is 3.87. The molecule has 0 spiro atoms. The van der Waals surface area contributed by atoms with E-state index >= 15 is 0 Å². The van der Waals surface area contributed by atoms with Crippen molar-refractivity contribution in [2.75, 3.05) is 0 Å². The molecule has 1 heterocycles. The van der Waals surface area contributed by atoms with Gasteiger partial charge in [-0.2, -0.15) is 0 Å². The normalized spacial score (nSPS) is 10.6. The molecule has 3 heteroatoms. The number of halogens is 1. The van der Waals surface area contributed by atoms with Gasteiger partial charge >= 0.3 is 0 Å². The van der Waals surface area contributed by atoms with Crippen LogP contribution in [0.2, 0.25) is 5.02 Å². The van der Waals surface area contributed by atoms with E-state index in [0.717, 1.165) is 15.6 Å². The molecule has 0 fully saturated rings. The number of rotatable bonds is 1. The molecule has 0 aliphatic rings. The lowest BCUT2D eigenvalue weighted by molar-refractivity contribution is 0.101. The van der Waals surface area contributed by atoms with Crippen molar-refractivity contribution >= 4 is 38.8 Å². The van der Waals surface area contributed by atoms with Gasteiger partial charge in [0.15, 0.2) is 5.78 Å². The Bertz CT molecular complexity index is 473. The summed E-state index contributed by atoms with van der Waals surface area (Å²) in [7, 11) is 0. The summed E-state index contributed by atoms with van der Waals surface area (Å²) >= 11 is 7.55. The minimum atomic E-state index is 0.0688. The Morgan fingerprint density at radius 1 is 1.46 bits per heavy atom. The maximum absolute atomic E-state index is 11.2. The fourth-order valence-electron chi connectivity index (χ4n) is 1.30. The average Bonchev–Trinajstić information content (AvgIpc) is 2.49. The van der Waals surface area contributed by atoms with Crippen LogP contribution in [-0.4, -0.2) is 5.78 Å². The molecule has 2 rings (SSSR count). The van der Waals surface area contributed by atoms with Gasteiger partial charge in [0.1, 0.15) is 0 Å². The largest absolute Gasteiger partial charge is 0.294 e. The molecule has 13 heavy (non-hydrogen) atoms. The summed E-state index contributed by atoms with van der Waals surface area (Å²) in [6, 6.07) is 5.67. The Morgan fingerprint density at radius 2 is 2.23 bits per heavy atom. The highest BCUT2D eigenvalue weighted by Gasteiger charge is 2.10. The maximum atomic E-state index is 11.2. The summed E-state index contributed by atoms with van der Waals surface area (Å²) in [6.45, 7) is 1.56. The highest BCUT2D eigenvalue weighted by Crippen LogP contribution is 2.31. The minimum Gasteiger partial charge on any atom is -0.294 e. The number of Topliss-reactive ketones (excluding diaryl/α,β-unsaturated/α-hetero) is 1. The van der Waals surface area contributed by atoms with E-state index < -0.39 is 0 Å². The first-order chi connectivity index (χ1) is 6.20. The van der Waals surface area contributed by atoms with Crippen LogP contribution in [0.15, 0.2) is 23.6 Å². The van der Waals surface area contributed by atoms with Gasteiger partial charge in [-0.15, -0.1) is 11.3 Å². The van der Waals surface area contributed by atoms with E-state index in [4.69, 9.17) is 11.6 Å². The zero-order valence-corrected chi connectivity index (χ0v) is 8.58. The lowest BCUT2D eigenvalue weighted by Crippen LogP contribution is -1.88. The third kappa shape index (κ3) is 1.36. The Balaban J connectivity index is 2.86. The number of ketones is 1. The highest BCUT2D eigenvalue weighted by atomic mass is 35.5. The van der Waals surface area contributed by atoms with Crippen LogP contribution < -0.4 is 0 Å². The Kier molecular flexibility index (Phi) is 2.10. The summed E-state index contributed by atoms with van der Waals surface area (Å²) < 4.78 is 1.07. The van der Waals surface area contributed by atoms with Crippen molar-refractivity contribution in [3.8, 4) is 0 Å². The molecule has 2 aromatic rings. The van der Waals surface area contributed by atoms with Crippen LogP contribution in [-0.2, 0) is 0 Å². The van der Waals surface area contributed by atoms with Crippen molar-refractivity contribution in [1.29, 1.82) is 0 Å². The molecule has 0 saturated heterocycles. The number of carbonyl (C=O) groups is 1. The van der Waals surface area contributed by atoms with E-state index in [-0.39, 0.29) is 5.78 Å². The molecule has 0 atom stereocenters. The molecule has 0 unspecified atom stereocenters. The summed E-state index contributed by atoms with van der Waals surface area (Å²) in [5, 5.41) is 3.41. The van der Waals surface area contributed by atoms with E-state index in [1.807, 2.05) is 23.6 Å². The molecule has 1 nitrogen and oxygen atoms in total. The second kappa shape index (κ2) is 3.13. The first kappa shape index (κ1) is 8.73. The smallest absolute Gasteiger partial charge is 0.161 e. The Hall–Kier alpha value is -0.860. The molecule has 1 aromatic carbocycles. The summed E-state index contributed by atoms with van der Waals surface area (Å²) in [5.74, 6) is 0.0688. The minimum absolute atomic E-state index is 0.0688. The third-order valence-corrected chi connectivity index (χ3v) is 3.19. The van der Waals surface area contributed by atoms with Crippen LogP contribution in [0.4, 0.5) is 0 Å². The first-order valence-corrected chi connectivity index (χ1v) is 5.12. The van der Waals surface area contributed by atoms with Gasteiger partial charge in [-0.1, -0.05) is 17.7 Å². The number of thiophene rings is 1. The lowest BCUT2D eigenvalue weighted by Gasteiger charge is -1.95. The predicted molar refractivity (Wildman–Crippen MR) is 56.8 cm³/mol. The SMILES string of the molecule is CC(=O)c1csc2cccc(Cl)c12. The van der Waals surface area contributed by atoms with E-state index in [1.165, 1.54) is 0 Å². The molecule has 0 amide bonds. The second-order valence-electron chi connectivity index (χ2n) is 2.82.